The molecule has 0 aromatic carbocycles. The fourth-order valence-electron chi connectivity index (χ4n) is 4.76. The Bertz CT molecular complexity index is 816. The number of carbonyl (C=O) groups excluding carboxylic acids is 2. The van der Waals surface area contributed by atoms with Crippen LogP contribution in [0.1, 0.15) is 42.5 Å². The number of carbonyl (C=O) groups is 2. The second kappa shape index (κ2) is 6.06. The van der Waals surface area contributed by atoms with Gasteiger partial charge in [0.05, 0.1) is 11.3 Å². The van der Waals surface area contributed by atoms with Crippen molar-refractivity contribution in [2.45, 2.75) is 38.1 Å². The molecule has 2 aliphatic carbocycles. The van der Waals surface area contributed by atoms with Crippen LogP contribution in [-0.4, -0.2) is 27.8 Å². The zero-order chi connectivity index (χ0) is 17.6. The number of aromatic amines is 1. The van der Waals surface area contributed by atoms with Crippen LogP contribution in [0.2, 0.25) is 0 Å². The summed E-state index contributed by atoms with van der Waals surface area (Å²) in [5.41, 5.74) is 13.0. The molecule has 2 unspecified atom stereocenters. The lowest BCUT2D eigenvalue weighted by molar-refractivity contribution is -0.124. The first-order chi connectivity index (χ1) is 12.0. The second-order valence-corrected chi connectivity index (χ2v) is 7.50. The molecule has 4 rings (SSSR count). The van der Waals surface area contributed by atoms with Crippen molar-refractivity contribution in [3.63, 3.8) is 0 Å². The minimum atomic E-state index is -0.483. The van der Waals surface area contributed by atoms with E-state index in [1.54, 1.807) is 6.20 Å². The molecule has 0 saturated heterocycles. The number of primary amides is 2. The Kier molecular flexibility index (Phi) is 3.86. The Morgan fingerprint density at radius 1 is 1.12 bits per heavy atom. The molecule has 2 heterocycles. The van der Waals surface area contributed by atoms with Crippen LogP contribution < -0.4 is 16.8 Å². The van der Waals surface area contributed by atoms with Gasteiger partial charge in [0.1, 0.15) is 5.65 Å². The van der Waals surface area contributed by atoms with Gasteiger partial charge in [-0.05, 0) is 50.0 Å². The lowest BCUT2D eigenvalue weighted by Crippen LogP contribution is -2.40. The topological polar surface area (TPSA) is 127 Å². The standard InChI is InChI=1S/C18H23N5O2/c19-16(24)11-4-9-3-10(5-11)7-12(6-9)23-15-13-1-2-21-18(13)22-8-14(15)17(20)25/h1-2,8-12H,3-7H2,(H2,19,24)(H2,20,25)(H2,21,22,23)/t9-,10+,11?,12?. The maximum absolute atomic E-state index is 11.8. The summed E-state index contributed by atoms with van der Waals surface area (Å²) >= 11 is 0. The number of H-pyrrole nitrogens is 1. The predicted octanol–water partition coefficient (Wildman–Crippen LogP) is 1.75. The van der Waals surface area contributed by atoms with Crippen molar-refractivity contribution in [3.05, 3.63) is 24.0 Å². The molecule has 7 nitrogen and oxygen atoms in total. The third-order valence-electron chi connectivity index (χ3n) is 5.74. The number of nitrogens with one attached hydrogen (secondary N) is 2. The maximum Gasteiger partial charge on any atom is 0.252 e. The Morgan fingerprint density at radius 3 is 2.48 bits per heavy atom. The molecule has 25 heavy (non-hydrogen) atoms. The van der Waals surface area contributed by atoms with Gasteiger partial charge in [0.25, 0.3) is 5.91 Å². The van der Waals surface area contributed by atoms with Crippen molar-refractivity contribution in [3.8, 4) is 0 Å². The van der Waals surface area contributed by atoms with Gasteiger partial charge in [-0.2, -0.15) is 0 Å². The van der Waals surface area contributed by atoms with Crippen LogP contribution in [0.4, 0.5) is 5.69 Å². The van der Waals surface area contributed by atoms with Crippen LogP contribution in [0.5, 0.6) is 0 Å². The molecule has 4 atom stereocenters. The molecular weight excluding hydrogens is 318 g/mol. The number of pyridine rings is 1. The predicted molar refractivity (Wildman–Crippen MR) is 94.8 cm³/mol. The molecule has 7 heteroatoms. The van der Waals surface area contributed by atoms with Crippen LogP contribution in [0.15, 0.2) is 18.5 Å². The molecule has 2 amide bonds. The van der Waals surface area contributed by atoms with E-state index in [1.807, 2.05) is 6.07 Å². The van der Waals surface area contributed by atoms with Crippen molar-refractivity contribution < 1.29 is 9.59 Å². The normalized spacial score (nSPS) is 28.6. The monoisotopic (exact) mass is 341 g/mol. The molecule has 2 aromatic heterocycles. The summed E-state index contributed by atoms with van der Waals surface area (Å²) in [6, 6.07) is 2.17. The summed E-state index contributed by atoms with van der Waals surface area (Å²) in [5, 5.41) is 4.43. The van der Waals surface area contributed by atoms with Gasteiger partial charge in [-0.25, -0.2) is 4.98 Å². The van der Waals surface area contributed by atoms with E-state index in [0.717, 1.165) is 42.4 Å². The van der Waals surface area contributed by atoms with Gasteiger partial charge in [0, 0.05) is 29.7 Å². The van der Waals surface area contributed by atoms with E-state index in [0.29, 0.717) is 17.4 Å². The molecule has 2 saturated carbocycles. The van der Waals surface area contributed by atoms with Gasteiger partial charge in [0.2, 0.25) is 5.91 Å². The van der Waals surface area contributed by atoms with E-state index in [4.69, 9.17) is 11.5 Å². The smallest absolute Gasteiger partial charge is 0.252 e. The molecule has 2 aromatic rings. The maximum atomic E-state index is 11.8. The number of hydrogen-bond acceptors (Lipinski definition) is 4. The first kappa shape index (κ1) is 15.9. The lowest BCUT2D eigenvalue weighted by atomic mass is 9.66. The molecule has 2 aliphatic rings. The van der Waals surface area contributed by atoms with Crippen molar-refractivity contribution in [2.75, 3.05) is 5.32 Å². The van der Waals surface area contributed by atoms with E-state index < -0.39 is 5.91 Å². The summed E-state index contributed by atoms with van der Waals surface area (Å²) < 4.78 is 0. The first-order valence-electron chi connectivity index (χ1n) is 8.83. The highest BCUT2D eigenvalue weighted by molar-refractivity contribution is 6.05. The highest BCUT2D eigenvalue weighted by atomic mass is 16.1. The molecule has 0 spiro atoms. The third kappa shape index (κ3) is 2.94. The SMILES string of the molecule is NC(=O)c1cnc2[nH]ccc2c1NC1C[C@@H]2CC(C(N)=O)C[C@H](C1)C2. The Labute approximate surface area is 145 Å². The van der Waals surface area contributed by atoms with E-state index >= 15 is 0 Å². The van der Waals surface area contributed by atoms with E-state index in [1.165, 1.54) is 12.6 Å². The van der Waals surface area contributed by atoms with Crippen molar-refractivity contribution in [1.82, 2.24) is 9.97 Å². The molecular formula is C18H23N5O2. The summed E-state index contributed by atoms with van der Waals surface area (Å²) in [6.45, 7) is 0. The van der Waals surface area contributed by atoms with E-state index in [-0.39, 0.29) is 17.9 Å². The average molecular weight is 341 g/mol. The number of hydrogen-bond donors (Lipinski definition) is 4. The van der Waals surface area contributed by atoms with Crippen molar-refractivity contribution in [1.29, 1.82) is 0 Å². The fourth-order valence-corrected chi connectivity index (χ4v) is 4.76. The van der Waals surface area contributed by atoms with Crippen LogP contribution in [0, 0.1) is 17.8 Å². The van der Waals surface area contributed by atoms with Gasteiger partial charge in [-0.3, -0.25) is 9.59 Å². The van der Waals surface area contributed by atoms with Crippen LogP contribution in [-0.2, 0) is 4.79 Å². The minimum absolute atomic E-state index is 0.0168. The minimum Gasteiger partial charge on any atom is -0.381 e. The number of nitrogens with zero attached hydrogens (tertiary/aromatic N) is 1. The van der Waals surface area contributed by atoms with Gasteiger partial charge in [0.15, 0.2) is 0 Å². The quantitative estimate of drug-likeness (QED) is 0.675. The summed E-state index contributed by atoms with van der Waals surface area (Å²) in [5.74, 6) is 0.373. The van der Waals surface area contributed by atoms with Crippen LogP contribution in [0.25, 0.3) is 11.0 Å². The van der Waals surface area contributed by atoms with Crippen molar-refractivity contribution in [2.24, 2.45) is 29.2 Å². The molecule has 0 aliphatic heterocycles. The Balaban J connectivity index is 1.58. The largest absolute Gasteiger partial charge is 0.381 e. The fraction of sp³-hybridized carbons (Fsp3) is 0.500. The number of fused-ring (bicyclic) bond motifs is 3. The van der Waals surface area contributed by atoms with Gasteiger partial charge in [-0.1, -0.05) is 0 Å². The van der Waals surface area contributed by atoms with Gasteiger partial charge >= 0.3 is 0 Å². The molecule has 0 radical (unpaired) electrons. The number of nitrogens with two attached hydrogens (primary N) is 2. The lowest BCUT2D eigenvalue weighted by Gasteiger charge is -2.42. The highest BCUT2D eigenvalue weighted by Crippen LogP contribution is 2.43. The average Bonchev–Trinajstić information content (AvgIpc) is 3.03. The zero-order valence-corrected chi connectivity index (χ0v) is 14.0. The first-order valence-corrected chi connectivity index (χ1v) is 8.83. The third-order valence-corrected chi connectivity index (χ3v) is 5.74. The second-order valence-electron chi connectivity index (χ2n) is 7.50. The number of aromatic nitrogens is 2. The number of amides is 2. The van der Waals surface area contributed by atoms with Gasteiger partial charge in [-0.15, -0.1) is 0 Å². The van der Waals surface area contributed by atoms with E-state index in [2.05, 4.69) is 15.3 Å². The number of anilines is 1. The molecule has 2 bridgehead atoms. The molecule has 132 valence electrons. The number of rotatable bonds is 4. The molecule has 2 fully saturated rings. The highest BCUT2D eigenvalue weighted by Gasteiger charge is 2.38. The summed E-state index contributed by atoms with van der Waals surface area (Å²) in [4.78, 5) is 30.7. The zero-order valence-electron chi connectivity index (χ0n) is 14.0. The van der Waals surface area contributed by atoms with Crippen LogP contribution in [0.3, 0.4) is 0 Å². The van der Waals surface area contributed by atoms with Crippen molar-refractivity contribution >= 4 is 28.5 Å². The Hall–Kier alpha value is -2.57. The Morgan fingerprint density at radius 2 is 1.84 bits per heavy atom. The van der Waals surface area contributed by atoms with Crippen LogP contribution >= 0.6 is 0 Å². The summed E-state index contributed by atoms with van der Waals surface area (Å²) in [6.07, 6.45) is 8.21. The van der Waals surface area contributed by atoms with Gasteiger partial charge < -0.3 is 21.8 Å². The molecule has 6 N–H and O–H groups in total. The van der Waals surface area contributed by atoms with E-state index in [9.17, 15) is 9.59 Å². The summed E-state index contributed by atoms with van der Waals surface area (Å²) in [7, 11) is 0.